The predicted octanol–water partition coefficient (Wildman–Crippen LogP) is 4.54. The summed E-state index contributed by atoms with van der Waals surface area (Å²) in [5.74, 6) is 1.25. The van der Waals surface area contributed by atoms with E-state index >= 15 is 0 Å². The molecule has 6 nitrogen and oxygen atoms in total. The number of carboxylic acids is 1. The first-order chi connectivity index (χ1) is 17.5. The molecule has 186 valence electrons. The van der Waals surface area contributed by atoms with Gasteiger partial charge in [-0.2, -0.15) is 0 Å². The molecule has 1 aliphatic carbocycles. The van der Waals surface area contributed by atoms with Gasteiger partial charge in [-0.1, -0.05) is 30.3 Å². The van der Waals surface area contributed by atoms with Crippen molar-refractivity contribution in [1.82, 2.24) is 10.3 Å². The lowest BCUT2D eigenvalue weighted by Gasteiger charge is -2.22. The summed E-state index contributed by atoms with van der Waals surface area (Å²) in [6.45, 7) is 8.16. The number of rotatable bonds is 6. The van der Waals surface area contributed by atoms with Crippen LogP contribution in [0.3, 0.4) is 0 Å². The average molecular weight is 484 g/mol. The van der Waals surface area contributed by atoms with E-state index in [2.05, 4.69) is 48.3 Å². The highest BCUT2D eigenvalue weighted by molar-refractivity contribution is 5.81. The Hall–Kier alpha value is -3.38. The molecule has 0 radical (unpaired) electrons. The number of aliphatic carboxylic acids is 1. The van der Waals surface area contributed by atoms with Crippen LogP contribution in [-0.4, -0.2) is 42.2 Å². The van der Waals surface area contributed by atoms with E-state index in [1.165, 1.54) is 22.3 Å². The molecule has 3 aromatic rings. The molecule has 2 atom stereocenters. The van der Waals surface area contributed by atoms with E-state index in [1.54, 1.807) is 0 Å². The third kappa shape index (κ3) is 3.94. The summed E-state index contributed by atoms with van der Waals surface area (Å²) < 4.78 is 6.50. The second kappa shape index (κ2) is 8.93. The van der Waals surface area contributed by atoms with Crippen LogP contribution >= 0.6 is 0 Å². The Balaban J connectivity index is 1.26. The van der Waals surface area contributed by atoms with Gasteiger partial charge in [-0.25, -0.2) is 4.98 Å². The molecule has 36 heavy (non-hydrogen) atoms. The molecular weight excluding hydrogens is 450 g/mol. The van der Waals surface area contributed by atoms with Crippen molar-refractivity contribution in [2.45, 2.75) is 39.7 Å². The second-order valence-corrected chi connectivity index (χ2v) is 10.6. The number of piperidine rings is 1. The first-order valence-electron chi connectivity index (χ1n) is 13.0. The number of hydrogen-bond donors (Lipinski definition) is 2. The van der Waals surface area contributed by atoms with E-state index < -0.39 is 11.4 Å². The Kier molecular flexibility index (Phi) is 5.72. The zero-order chi connectivity index (χ0) is 24.9. The van der Waals surface area contributed by atoms with Gasteiger partial charge < -0.3 is 20.1 Å². The summed E-state index contributed by atoms with van der Waals surface area (Å²) in [5, 5.41) is 13.2. The zero-order valence-corrected chi connectivity index (χ0v) is 21.0. The summed E-state index contributed by atoms with van der Waals surface area (Å²) in [6, 6.07) is 16.6. The molecule has 1 saturated heterocycles. The fraction of sp³-hybridized carbons (Fsp3) is 0.400. The Bertz CT molecular complexity index is 1340. The monoisotopic (exact) mass is 483 g/mol. The standard InChI is InChI=1S/C30H33N3O3/c1-19-5-3-6-25(26-7-4-8-27(32-26)33-16-23-15-30(23,18-33)29(34)35)28(19)36-17-22-10-9-21-11-13-31-14-12-24(21)20(22)2/h3-10,23,31H,11-18H2,1-2H3,(H,34,35)/t23?,30-/m0/s1. The Morgan fingerprint density at radius 3 is 2.81 bits per heavy atom. The smallest absolute Gasteiger partial charge is 0.311 e. The molecule has 1 saturated carbocycles. The number of benzene rings is 2. The molecule has 0 bridgehead atoms. The maximum Gasteiger partial charge on any atom is 0.311 e. The van der Waals surface area contributed by atoms with Gasteiger partial charge in [-0.15, -0.1) is 0 Å². The third-order valence-corrected chi connectivity index (χ3v) is 8.42. The predicted molar refractivity (Wildman–Crippen MR) is 141 cm³/mol. The molecule has 2 aromatic carbocycles. The fourth-order valence-electron chi connectivity index (χ4n) is 6.10. The molecule has 2 fully saturated rings. The van der Waals surface area contributed by atoms with Crippen LogP contribution in [0.5, 0.6) is 5.75 Å². The highest BCUT2D eigenvalue weighted by atomic mass is 16.5. The number of ether oxygens (including phenoxy) is 1. The van der Waals surface area contributed by atoms with Gasteiger partial charge in [-0.05, 0) is 98.1 Å². The number of carboxylic acid groups (broad SMARTS) is 1. The van der Waals surface area contributed by atoms with E-state index in [9.17, 15) is 9.90 Å². The van der Waals surface area contributed by atoms with Gasteiger partial charge >= 0.3 is 5.97 Å². The number of pyridine rings is 1. The summed E-state index contributed by atoms with van der Waals surface area (Å²) >= 11 is 0. The number of aryl methyl sites for hydroxylation is 1. The first kappa shape index (κ1) is 23.0. The normalized spacial score (nSPS) is 22.5. The zero-order valence-electron chi connectivity index (χ0n) is 21.0. The van der Waals surface area contributed by atoms with E-state index in [4.69, 9.17) is 9.72 Å². The van der Waals surface area contributed by atoms with E-state index in [0.29, 0.717) is 13.2 Å². The van der Waals surface area contributed by atoms with Crippen molar-refractivity contribution in [3.63, 3.8) is 0 Å². The Morgan fingerprint density at radius 1 is 1.14 bits per heavy atom. The number of aromatic nitrogens is 1. The molecule has 3 heterocycles. The van der Waals surface area contributed by atoms with Crippen LogP contribution in [0, 0.1) is 25.2 Å². The van der Waals surface area contributed by atoms with Crippen LogP contribution in [0.1, 0.15) is 34.2 Å². The van der Waals surface area contributed by atoms with Gasteiger partial charge in [-0.3, -0.25) is 4.79 Å². The maximum absolute atomic E-state index is 11.8. The van der Waals surface area contributed by atoms with Crippen LogP contribution in [0.2, 0.25) is 0 Å². The second-order valence-electron chi connectivity index (χ2n) is 10.6. The lowest BCUT2D eigenvalue weighted by atomic mass is 9.94. The SMILES string of the molecule is Cc1cccc(-c2cccc(N3CC4C[C@]4(C(=O)O)C3)n2)c1OCc1ccc2c(c1C)CCNCC2. The summed E-state index contributed by atoms with van der Waals surface area (Å²) in [5.41, 5.74) is 7.78. The first-order valence-corrected chi connectivity index (χ1v) is 13.0. The largest absolute Gasteiger partial charge is 0.488 e. The number of nitrogens with one attached hydrogen (secondary N) is 1. The van der Waals surface area contributed by atoms with Crippen molar-refractivity contribution in [3.05, 3.63) is 76.3 Å². The van der Waals surface area contributed by atoms with Gasteiger partial charge in [0, 0.05) is 18.7 Å². The Labute approximate surface area is 212 Å². The molecule has 0 spiro atoms. The Morgan fingerprint density at radius 2 is 1.97 bits per heavy atom. The van der Waals surface area contributed by atoms with Crippen LogP contribution in [-0.2, 0) is 24.2 Å². The molecule has 6 rings (SSSR count). The van der Waals surface area contributed by atoms with Crippen LogP contribution in [0.25, 0.3) is 11.3 Å². The minimum Gasteiger partial charge on any atom is -0.488 e. The van der Waals surface area contributed by atoms with Gasteiger partial charge in [0.25, 0.3) is 0 Å². The van der Waals surface area contributed by atoms with Gasteiger partial charge in [0.05, 0.1) is 11.1 Å². The number of carbonyl (C=O) groups is 1. The van der Waals surface area contributed by atoms with Crippen LogP contribution < -0.4 is 15.0 Å². The molecule has 3 aliphatic rings. The molecule has 2 N–H and O–H groups in total. The van der Waals surface area contributed by atoms with Crippen molar-refractivity contribution in [3.8, 4) is 17.0 Å². The average Bonchev–Trinajstić information content (AvgIpc) is 3.54. The van der Waals surface area contributed by atoms with E-state index in [1.807, 2.05) is 24.3 Å². The van der Waals surface area contributed by atoms with Crippen molar-refractivity contribution in [1.29, 1.82) is 0 Å². The fourth-order valence-corrected chi connectivity index (χ4v) is 6.10. The number of hydrogen-bond acceptors (Lipinski definition) is 5. The van der Waals surface area contributed by atoms with Gasteiger partial charge in [0.15, 0.2) is 0 Å². The molecule has 2 aliphatic heterocycles. The molecule has 6 heteroatoms. The maximum atomic E-state index is 11.8. The highest BCUT2D eigenvalue weighted by Crippen LogP contribution is 2.58. The van der Waals surface area contributed by atoms with Crippen molar-refractivity contribution < 1.29 is 14.6 Å². The van der Waals surface area contributed by atoms with Gasteiger partial charge in [0.2, 0.25) is 0 Å². The number of anilines is 1. The molecule has 0 amide bonds. The third-order valence-electron chi connectivity index (χ3n) is 8.42. The minimum atomic E-state index is -0.676. The molecular formula is C30H33N3O3. The van der Waals surface area contributed by atoms with Crippen LogP contribution in [0.15, 0.2) is 48.5 Å². The summed E-state index contributed by atoms with van der Waals surface area (Å²) in [6.07, 6.45) is 2.92. The number of nitrogens with zero attached hydrogens (tertiary/aromatic N) is 2. The van der Waals surface area contributed by atoms with Crippen molar-refractivity contribution >= 4 is 11.8 Å². The van der Waals surface area contributed by atoms with E-state index in [0.717, 1.165) is 67.3 Å². The van der Waals surface area contributed by atoms with Gasteiger partial charge in [0.1, 0.15) is 18.2 Å². The lowest BCUT2D eigenvalue weighted by molar-refractivity contribution is -0.143. The van der Waals surface area contributed by atoms with Crippen molar-refractivity contribution in [2.75, 3.05) is 31.1 Å². The number of fused-ring (bicyclic) bond motifs is 2. The minimum absolute atomic E-state index is 0.234. The summed E-state index contributed by atoms with van der Waals surface area (Å²) in [4.78, 5) is 18.8. The summed E-state index contributed by atoms with van der Waals surface area (Å²) in [7, 11) is 0. The highest BCUT2D eigenvalue weighted by Gasteiger charge is 2.65. The van der Waals surface area contributed by atoms with Crippen molar-refractivity contribution in [2.24, 2.45) is 11.3 Å². The van der Waals surface area contributed by atoms with Crippen LogP contribution in [0.4, 0.5) is 5.82 Å². The molecule has 1 aromatic heterocycles. The van der Waals surface area contributed by atoms with E-state index in [-0.39, 0.29) is 5.92 Å². The topological polar surface area (TPSA) is 74.7 Å². The quantitative estimate of drug-likeness (QED) is 0.536. The lowest BCUT2D eigenvalue weighted by Crippen LogP contribution is -2.29. The molecule has 1 unspecified atom stereocenters. The number of para-hydroxylation sites is 1.